The number of nitrogens with zero attached hydrogens (tertiary/aromatic N) is 2. The third-order valence-electron chi connectivity index (χ3n) is 3.41. The zero-order chi connectivity index (χ0) is 19.0. The largest absolute Gasteiger partial charge is 0.356 e. The molecule has 2 heterocycles. The highest BCUT2D eigenvalue weighted by Crippen LogP contribution is 2.19. The van der Waals surface area contributed by atoms with Crippen LogP contribution in [0.25, 0.3) is 0 Å². The molecular weight excluding hydrogens is 394 g/mol. The van der Waals surface area contributed by atoms with Crippen LogP contribution in [-0.2, 0) is 16.4 Å². The van der Waals surface area contributed by atoms with Crippen molar-refractivity contribution < 1.29 is 8.42 Å². The van der Waals surface area contributed by atoms with Crippen LogP contribution in [0.2, 0.25) is 5.15 Å². The lowest BCUT2D eigenvalue weighted by atomic mass is 10.2. The summed E-state index contributed by atoms with van der Waals surface area (Å²) in [5.41, 5.74) is 1.07. The first kappa shape index (κ1) is 20.6. The molecule has 0 aliphatic rings. The summed E-state index contributed by atoms with van der Waals surface area (Å²) in [6.07, 6.45) is 2.51. The molecule has 0 radical (unpaired) electrons. The number of hydrogen-bond acceptors (Lipinski definition) is 5. The molecule has 0 spiro atoms. The fourth-order valence-corrected chi connectivity index (χ4v) is 4.57. The Morgan fingerprint density at radius 2 is 1.96 bits per heavy atom. The highest BCUT2D eigenvalue weighted by Gasteiger charge is 2.15. The molecule has 3 N–H and O–H groups in total. The van der Waals surface area contributed by atoms with E-state index in [1.807, 2.05) is 13.0 Å². The minimum Gasteiger partial charge on any atom is -0.356 e. The maximum atomic E-state index is 12.1. The van der Waals surface area contributed by atoms with E-state index < -0.39 is 10.0 Å². The summed E-state index contributed by atoms with van der Waals surface area (Å²) < 4.78 is 27.1. The van der Waals surface area contributed by atoms with Crippen LogP contribution in [0.1, 0.15) is 10.4 Å². The number of guanidine groups is 1. The molecule has 0 saturated heterocycles. The van der Waals surface area contributed by atoms with E-state index >= 15 is 0 Å². The number of pyridine rings is 1. The Bertz CT molecular complexity index is 835. The fraction of sp³-hybridized carbons (Fsp3) is 0.375. The van der Waals surface area contributed by atoms with E-state index in [0.717, 1.165) is 16.9 Å². The molecule has 2 rings (SSSR count). The number of aryl methyl sites for hydroxylation is 1. The molecule has 0 amide bonds. The van der Waals surface area contributed by atoms with Crippen LogP contribution in [0.4, 0.5) is 0 Å². The van der Waals surface area contributed by atoms with Gasteiger partial charge in [0.2, 0.25) is 10.0 Å². The lowest BCUT2D eigenvalue weighted by molar-refractivity contribution is 0.582. The van der Waals surface area contributed by atoms with Crippen molar-refractivity contribution in [2.24, 2.45) is 4.99 Å². The summed E-state index contributed by atoms with van der Waals surface area (Å²) in [5.74, 6) is 0.609. The van der Waals surface area contributed by atoms with E-state index in [9.17, 15) is 8.42 Å². The molecule has 0 bridgehead atoms. The smallest absolute Gasteiger partial charge is 0.250 e. The topological polar surface area (TPSA) is 95.5 Å². The average Bonchev–Trinajstić information content (AvgIpc) is 3.06. The molecule has 26 heavy (non-hydrogen) atoms. The van der Waals surface area contributed by atoms with E-state index in [-0.39, 0.29) is 6.54 Å². The van der Waals surface area contributed by atoms with Gasteiger partial charge in [-0.2, -0.15) is 0 Å². The number of aromatic nitrogens is 1. The Kier molecular flexibility index (Phi) is 7.83. The molecule has 0 aliphatic heterocycles. The molecule has 0 saturated carbocycles. The predicted octanol–water partition coefficient (Wildman–Crippen LogP) is 1.79. The van der Waals surface area contributed by atoms with Crippen LogP contribution in [-0.4, -0.2) is 46.0 Å². The highest BCUT2D eigenvalue weighted by molar-refractivity contribution is 7.91. The average molecular weight is 416 g/mol. The molecule has 0 aromatic carbocycles. The van der Waals surface area contributed by atoms with Crippen LogP contribution in [0.15, 0.2) is 39.7 Å². The monoisotopic (exact) mass is 415 g/mol. The molecule has 7 nitrogen and oxygen atoms in total. The second kappa shape index (κ2) is 9.86. The van der Waals surface area contributed by atoms with E-state index in [2.05, 4.69) is 25.3 Å². The Labute approximate surface area is 163 Å². The predicted molar refractivity (Wildman–Crippen MR) is 107 cm³/mol. The minimum absolute atomic E-state index is 0.265. The fourth-order valence-electron chi connectivity index (χ4n) is 2.09. The van der Waals surface area contributed by atoms with Crippen LogP contribution < -0.4 is 15.4 Å². The van der Waals surface area contributed by atoms with Crippen molar-refractivity contribution in [2.45, 2.75) is 17.6 Å². The maximum Gasteiger partial charge on any atom is 0.250 e. The molecule has 0 fully saturated rings. The van der Waals surface area contributed by atoms with E-state index in [1.54, 1.807) is 31.4 Å². The van der Waals surface area contributed by atoms with Gasteiger partial charge in [0, 0.05) is 37.8 Å². The van der Waals surface area contributed by atoms with Gasteiger partial charge in [-0.05, 0) is 37.1 Å². The van der Waals surface area contributed by atoms with Crippen molar-refractivity contribution in [2.75, 3.05) is 26.7 Å². The lowest BCUT2D eigenvalue weighted by Gasteiger charge is -2.12. The highest BCUT2D eigenvalue weighted by atomic mass is 35.5. The van der Waals surface area contributed by atoms with Gasteiger partial charge in [0.05, 0.1) is 0 Å². The summed E-state index contributed by atoms with van der Waals surface area (Å²) in [4.78, 5) is 9.11. The first-order valence-corrected chi connectivity index (χ1v) is 10.7. The molecule has 2 aromatic rings. The van der Waals surface area contributed by atoms with E-state index in [0.29, 0.717) is 28.4 Å². The van der Waals surface area contributed by atoms with E-state index in [4.69, 9.17) is 11.6 Å². The van der Waals surface area contributed by atoms with Crippen molar-refractivity contribution in [1.82, 2.24) is 20.3 Å². The minimum atomic E-state index is -3.45. The number of sulfonamides is 1. The van der Waals surface area contributed by atoms with Crippen molar-refractivity contribution in [1.29, 1.82) is 0 Å². The van der Waals surface area contributed by atoms with Gasteiger partial charge in [-0.1, -0.05) is 17.7 Å². The number of rotatable bonds is 8. The van der Waals surface area contributed by atoms with Gasteiger partial charge in [-0.3, -0.25) is 4.99 Å². The van der Waals surface area contributed by atoms with Gasteiger partial charge >= 0.3 is 0 Å². The van der Waals surface area contributed by atoms with Crippen LogP contribution in [0.3, 0.4) is 0 Å². The number of aliphatic imine (C=N–C) groups is 1. The standard InChI is InChI=1S/C16H22ClN5O2S2/c1-12-3-6-15(25-12)26(23,24)22-10-9-20-16(18-2)19-8-7-13-4-5-14(17)21-11-13/h3-6,11,22H,7-10H2,1-2H3,(H2,18,19,20). The normalized spacial score (nSPS) is 12.2. The summed E-state index contributed by atoms with van der Waals surface area (Å²) in [6, 6.07) is 7.08. The first-order valence-electron chi connectivity index (χ1n) is 8.02. The molecule has 142 valence electrons. The van der Waals surface area contributed by atoms with Crippen molar-refractivity contribution in [3.05, 3.63) is 46.1 Å². The Morgan fingerprint density at radius 1 is 1.19 bits per heavy atom. The number of nitrogens with one attached hydrogen (secondary N) is 3. The molecular formula is C16H22ClN5O2S2. The summed E-state index contributed by atoms with van der Waals surface area (Å²) in [7, 11) is -1.79. The van der Waals surface area contributed by atoms with Gasteiger partial charge in [-0.25, -0.2) is 18.1 Å². The van der Waals surface area contributed by atoms with E-state index in [1.165, 1.54) is 11.3 Å². The maximum absolute atomic E-state index is 12.1. The van der Waals surface area contributed by atoms with Crippen LogP contribution >= 0.6 is 22.9 Å². The molecule has 0 atom stereocenters. The zero-order valence-corrected chi connectivity index (χ0v) is 17.0. The number of hydrogen-bond donors (Lipinski definition) is 3. The Balaban J connectivity index is 1.69. The lowest BCUT2D eigenvalue weighted by Crippen LogP contribution is -2.42. The van der Waals surface area contributed by atoms with Gasteiger partial charge in [0.15, 0.2) is 5.96 Å². The number of halogens is 1. The molecule has 0 unspecified atom stereocenters. The van der Waals surface area contributed by atoms with Crippen molar-refractivity contribution >= 4 is 38.9 Å². The van der Waals surface area contributed by atoms with Gasteiger partial charge in [-0.15, -0.1) is 11.3 Å². The van der Waals surface area contributed by atoms with Crippen LogP contribution in [0.5, 0.6) is 0 Å². The van der Waals surface area contributed by atoms with Crippen LogP contribution in [0, 0.1) is 6.92 Å². The number of thiophene rings is 1. The zero-order valence-electron chi connectivity index (χ0n) is 14.6. The SMILES string of the molecule is CN=C(NCCNS(=O)(=O)c1ccc(C)s1)NCCc1ccc(Cl)nc1. The van der Waals surface area contributed by atoms with Gasteiger partial charge in [0.1, 0.15) is 9.36 Å². The summed E-state index contributed by atoms with van der Waals surface area (Å²) in [6.45, 7) is 3.23. The molecule has 10 heteroatoms. The van der Waals surface area contributed by atoms with Crippen molar-refractivity contribution in [3.8, 4) is 0 Å². The second-order valence-electron chi connectivity index (χ2n) is 5.43. The van der Waals surface area contributed by atoms with Gasteiger partial charge < -0.3 is 10.6 Å². The first-order chi connectivity index (χ1) is 12.4. The van der Waals surface area contributed by atoms with Crippen molar-refractivity contribution in [3.63, 3.8) is 0 Å². The molecule has 0 aliphatic carbocycles. The quantitative estimate of drug-likeness (QED) is 0.264. The molecule has 2 aromatic heterocycles. The summed E-state index contributed by atoms with van der Waals surface area (Å²) in [5, 5.41) is 6.71. The Morgan fingerprint density at radius 3 is 2.58 bits per heavy atom. The summed E-state index contributed by atoms with van der Waals surface area (Å²) >= 11 is 7.01. The third kappa shape index (κ3) is 6.56. The third-order valence-corrected chi connectivity index (χ3v) is 6.59. The Hall–Kier alpha value is -1.68. The second-order valence-corrected chi connectivity index (χ2v) is 9.10. The van der Waals surface area contributed by atoms with Gasteiger partial charge in [0.25, 0.3) is 0 Å².